The van der Waals surface area contributed by atoms with Crippen LogP contribution in [0, 0.1) is 0 Å². The third kappa shape index (κ3) is 2.02. The van der Waals surface area contributed by atoms with Gasteiger partial charge in [0.2, 0.25) is 0 Å². The van der Waals surface area contributed by atoms with Crippen LogP contribution in [-0.2, 0) is 11.3 Å². The second-order valence-electron chi connectivity index (χ2n) is 4.52. The second kappa shape index (κ2) is 4.86. The van der Waals surface area contributed by atoms with Crippen LogP contribution in [0.5, 0.6) is 5.75 Å². The summed E-state index contributed by atoms with van der Waals surface area (Å²) in [5.41, 5.74) is 3.73. The summed E-state index contributed by atoms with van der Waals surface area (Å²) in [6.07, 6.45) is 0.637. The fourth-order valence-corrected chi connectivity index (χ4v) is 2.47. The molecule has 19 heavy (non-hydrogen) atoms. The predicted octanol–water partition coefficient (Wildman–Crippen LogP) is 3.13. The zero-order valence-electron chi connectivity index (χ0n) is 10.6. The zero-order chi connectivity index (χ0) is 13.2. The van der Waals surface area contributed by atoms with Crippen molar-refractivity contribution in [1.29, 1.82) is 0 Å². The predicted molar refractivity (Wildman–Crippen MR) is 71.5 cm³/mol. The lowest BCUT2D eigenvalue weighted by atomic mass is 9.96. The molecule has 0 amide bonds. The number of ether oxygens (including phenoxy) is 2. The van der Waals surface area contributed by atoms with Gasteiger partial charge in [0.1, 0.15) is 24.7 Å². The van der Waals surface area contributed by atoms with Gasteiger partial charge in [-0.1, -0.05) is 24.3 Å². The molecule has 3 nitrogen and oxygen atoms in total. The first kappa shape index (κ1) is 11.9. The van der Waals surface area contributed by atoms with Crippen LogP contribution >= 0.6 is 0 Å². The number of rotatable bonds is 2. The van der Waals surface area contributed by atoms with Crippen LogP contribution in [0.3, 0.4) is 0 Å². The minimum Gasteiger partial charge on any atom is -0.488 e. The summed E-state index contributed by atoms with van der Waals surface area (Å²) in [7, 11) is 1.67. The van der Waals surface area contributed by atoms with E-state index in [1.807, 2.05) is 36.4 Å². The van der Waals surface area contributed by atoms with Crippen molar-refractivity contribution in [2.75, 3.05) is 7.11 Å². The Bertz CT molecular complexity index is 619. The van der Waals surface area contributed by atoms with Crippen LogP contribution < -0.4 is 4.74 Å². The van der Waals surface area contributed by atoms with Gasteiger partial charge in [-0.2, -0.15) is 0 Å². The quantitative estimate of drug-likeness (QED) is 0.772. The lowest BCUT2D eigenvalue weighted by molar-refractivity contribution is 0.112. The molecule has 0 saturated heterocycles. The maximum atomic E-state index is 10.9. The topological polar surface area (TPSA) is 35.5 Å². The van der Waals surface area contributed by atoms with Crippen LogP contribution in [0.2, 0.25) is 0 Å². The van der Waals surface area contributed by atoms with Crippen molar-refractivity contribution in [3.05, 3.63) is 64.7 Å². The molecule has 2 aromatic carbocycles. The maximum Gasteiger partial charge on any atom is 0.150 e. The number of fused-ring (bicyclic) bond motifs is 2. The van der Waals surface area contributed by atoms with Crippen molar-refractivity contribution in [2.24, 2.45) is 0 Å². The fourth-order valence-electron chi connectivity index (χ4n) is 2.47. The molecule has 96 valence electrons. The summed E-state index contributed by atoms with van der Waals surface area (Å²) in [5.74, 6) is 0.772. The molecule has 1 aliphatic heterocycles. The van der Waals surface area contributed by atoms with Gasteiger partial charge in [0.25, 0.3) is 0 Å². The van der Waals surface area contributed by atoms with E-state index in [4.69, 9.17) is 9.47 Å². The Morgan fingerprint density at radius 3 is 2.84 bits per heavy atom. The molecule has 3 heteroatoms. The highest BCUT2D eigenvalue weighted by Gasteiger charge is 2.24. The molecule has 1 atom stereocenters. The molecule has 0 aliphatic carbocycles. The van der Waals surface area contributed by atoms with Gasteiger partial charge < -0.3 is 9.47 Å². The van der Waals surface area contributed by atoms with Crippen LogP contribution in [-0.4, -0.2) is 13.4 Å². The zero-order valence-corrected chi connectivity index (χ0v) is 10.6. The SMILES string of the molecule is COC1c2ccccc2COc2ccc(C=O)cc21. The van der Waals surface area contributed by atoms with Gasteiger partial charge in [-0.25, -0.2) is 0 Å². The molecule has 1 aliphatic rings. The summed E-state index contributed by atoms with van der Waals surface area (Å²) >= 11 is 0. The normalized spacial score (nSPS) is 16.8. The van der Waals surface area contributed by atoms with Crippen molar-refractivity contribution in [3.8, 4) is 5.75 Å². The van der Waals surface area contributed by atoms with E-state index in [1.165, 1.54) is 0 Å². The van der Waals surface area contributed by atoms with E-state index in [0.29, 0.717) is 12.2 Å². The molecule has 0 fully saturated rings. The molecule has 1 unspecified atom stereocenters. The van der Waals surface area contributed by atoms with Gasteiger partial charge in [0.05, 0.1) is 0 Å². The number of benzene rings is 2. The maximum absolute atomic E-state index is 10.9. The van der Waals surface area contributed by atoms with Gasteiger partial charge in [0.15, 0.2) is 0 Å². The number of hydrogen-bond donors (Lipinski definition) is 0. The van der Waals surface area contributed by atoms with E-state index in [9.17, 15) is 4.79 Å². The Morgan fingerprint density at radius 1 is 1.21 bits per heavy atom. The number of carbonyl (C=O) groups excluding carboxylic acids is 1. The number of methoxy groups -OCH3 is 1. The van der Waals surface area contributed by atoms with E-state index in [0.717, 1.165) is 28.7 Å². The van der Waals surface area contributed by atoms with Crippen molar-refractivity contribution >= 4 is 6.29 Å². The van der Waals surface area contributed by atoms with Gasteiger partial charge in [-0.15, -0.1) is 0 Å². The largest absolute Gasteiger partial charge is 0.488 e. The number of aldehydes is 1. The average molecular weight is 254 g/mol. The van der Waals surface area contributed by atoms with Gasteiger partial charge in [0, 0.05) is 18.2 Å². The highest BCUT2D eigenvalue weighted by molar-refractivity contribution is 5.76. The van der Waals surface area contributed by atoms with Crippen molar-refractivity contribution < 1.29 is 14.3 Å². The van der Waals surface area contributed by atoms with E-state index in [2.05, 4.69) is 0 Å². The molecule has 2 aromatic rings. The molecular weight excluding hydrogens is 240 g/mol. The van der Waals surface area contributed by atoms with E-state index < -0.39 is 0 Å². The minimum absolute atomic E-state index is 0.200. The first-order valence-electron chi connectivity index (χ1n) is 6.16. The summed E-state index contributed by atoms with van der Waals surface area (Å²) < 4.78 is 11.4. The first-order chi connectivity index (χ1) is 9.33. The second-order valence-corrected chi connectivity index (χ2v) is 4.52. The van der Waals surface area contributed by atoms with E-state index >= 15 is 0 Å². The number of hydrogen-bond acceptors (Lipinski definition) is 3. The third-order valence-corrected chi connectivity index (χ3v) is 3.41. The average Bonchev–Trinajstić information content (AvgIpc) is 2.62. The van der Waals surface area contributed by atoms with Crippen molar-refractivity contribution in [2.45, 2.75) is 12.7 Å². The third-order valence-electron chi connectivity index (χ3n) is 3.41. The van der Waals surface area contributed by atoms with Gasteiger partial charge >= 0.3 is 0 Å². The highest BCUT2D eigenvalue weighted by Crippen LogP contribution is 2.37. The van der Waals surface area contributed by atoms with Crippen LogP contribution in [0.25, 0.3) is 0 Å². The molecular formula is C16H14O3. The molecule has 1 heterocycles. The minimum atomic E-state index is -0.200. The van der Waals surface area contributed by atoms with E-state index in [-0.39, 0.29) is 6.10 Å². The lowest BCUT2D eigenvalue weighted by Gasteiger charge is -2.17. The Balaban J connectivity index is 2.19. The molecule has 0 bridgehead atoms. The van der Waals surface area contributed by atoms with Crippen molar-refractivity contribution in [3.63, 3.8) is 0 Å². The Kier molecular flexibility index (Phi) is 3.05. The summed E-state index contributed by atoms with van der Waals surface area (Å²) in [5, 5.41) is 0. The molecule has 0 aromatic heterocycles. The molecule has 3 rings (SSSR count). The van der Waals surface area contributed by atoms with Gasteiger partial charge in [-0.05, 0) is 29.3 Å². The molecule has 0 N–H and O–H groups in total. The van der Waals surface area contributed by atoms with Gasteiger partial charge in [-0.3, -0.25) is 4.79 Å². The molecule has 0 saturated carbocycles. The Hall–Kier alpha value is -2.13. The Labute approximate surface area is 111 Å². The van der Waals surface area contributed by atoms with Crippen LogP contribution in [0.4, 0.5) is 0 Å². The molecule has 0 spiro atoms. The summed E-state index contributed by atoms with van der Waals surface area (Å²) in [6, 6.07) is 13.5. The van der Waals surface area contributed by atoms with Crippen molar-refractivity contribution in [1.82, 2.24) is 0 Å². The lowest BCUT2D eigenvalue weighted by Crippen LogP contribution is -2.05. The molecule has 0 radical (unpaired) electrons. The van der Waals surface area contributed by atoms with Crippen LogP contribution in [0.15, 0.2) is 42.5 Å². The highest BCUT2D eigenvalue weighted by atomic mass is 16.5. The Morgan fingerprint density at radius 2 is 2.05 bits per heavy atom. The fraction of sp³-hybridized carbons (Fsp3) is 0.188. The summed E-state index contributed by atoms with van der Waals surface area (Å²) in [4.78, 5) is 10.9. The monoisotopic (exact) mass is 254 g/mol. The summed E-state index contributed by atoms with van der Waals surface area (Å²) in [6.45, 7) is 0.517. The first-order valence-corrected chi connectivity index (χ1v) is 6.16. The smallest absolute Gasteiger partial charge is 0.150 e. The number of carbonyl (C=O) groups is 1. The standard InChI is InChI=1S/C16H14O3/c1-18-16-13-5-3-2-4-12(13)10-19-15-7-6-11(9-17)8-14(15)16/h2-9,16H,10H2,1H3. The van der Waals surface area contributed by atoms with E-state index in [1.54, 1.807) is 13.2 Å². The van der Waals surface area contributed by atoms with Crippen LogP contribution in [0.1, 0.15) is 33.2 Å².